The highest BCUT2D eigenvalue weighted by atomic mass is 16.5. The minimum absolute atomic E-state index is 0.380. The van der Waals surface area contributed by atoms with E-state index < -0.39 is 0 Å². The van der Waals surface area contributed by atoms with Crippen LogP contribution in [0.4, 0.5) is 5.82 Å². The van der Waals surface area contributed by atoms with Gasteiger partial charge in [-0.1, -0.05) is 25.2 Å². The number of hydrogen-bond donors (Lipinski definition) is 0. The predicted octanol–water partition coefficient (Wildman–Crippen LogP) is 2.63. The number of nitrogens with zero attached hydrogens (tertiary/aromatic N) is 5. The number of fused-ring (bicyclic) bond motifs is 1. The molecule has 0 spiro atoms. The van der Waals surface area contributed by atoms with Gasteiger partial charge in [-0.3, -0.25) is 0 Å². The van der Waals surface area contributed by atoms with Gasteiger partial charge in [0.25, 0.3) is 5.78 Å². The summed E-state index contributed by atoms with van der Waals surface area (Å²) >= 11 is 0. The fourth-order valence-corrected chi connectivity index (χ4v) is 3.59. The molecule has 6 nitrogen and oxygen atoms in total. The van der Waals surface area contributed by atoms with E-state index in [1.165, 1.54) is 12.0 Å². The molecule has 0 N–H and O–H groups in total. The third-order valence-corrected chi connectivity index (χ3v) is 4.75. The van der Waals surface area contributed by atoms with Crippen LogP contribution >= 0.6 is 0 Å². The van der Waals surface area contributed by atoms with Crippen molar-refractivity contribution in [3.05, 3.63) is 42.4 Å². The van der Waals surface area contributed by atoms with E-state index in [2.05, 4.69) is 45.1 Å². The molecule has 0 amide bonds. The maximum Gasteiger partial charge on any atom is 0.254 e. The molecule has 2 unspecified atom stereocenters. The summed E-state index contributed by atoms with van der Waals surface area (Å²) in [6, 6.07) is 2.39. The lowest BCUT2D eigenvalue weighted by Gasteiger charge is -2.26. The highest BCUT2D eigenvalue weighted by molar-refractivity contribution is 5.46. The highest BCUT2D eigenvalue weighted by Crippen LogP contribution is 2.25. The first-order valence-corrected chi connectivity index (χ1v) is 8.67. The summed E-state index contributed by atoms with van der Waals surface area (Å²) in [7, 11) is 0. The largest absolute Gasteiger partial charge is 0.375 e. The minimum atomic E-state index is 0.380. The van der Waals surface area contributed by atoms with Crippen LogP contribution in [0.25, 0.3) is 5.78 Å². The zero-order valence-electron chi connectivity index (χ0n) is 14.0. The van der Waals surface area contributed by atoms with Crippen molar-refractivity contribution < 1.29 is 4.74 Å². The molecule has 2 aromatic rings. The Bertz CT molecular complexity index is 766. The van der Waals surface area contributed by atoms with Crippen LogP contribution in [0.3, 0.4) is 0 Å². The Kier molecular flexibility index (Phi) is 4.30. The molecular weight excluding hydrogens is 302 g/mol. The Morgan fingerprint density at radius 3 is 3.21 bits per heavy atom. The van der Waals surface area contributed by atoms with Crippen LogP contribution in [0, 0.1) is 5.92 Å². The van der Waals surface area contributed by atoms with E-state index in [1.807, 2.05) is 10.6 Å². The van der Waals surface area contributed by atoms with Gasteiger partial charge in [0.2, 0.25) is 0 Å². The minimum Gasteiger partial charge on any atom is -0.375 e. The lowest BCUT2D eigenvalue weighted by atomic mass is 9.98. The van der Waals surface area contributed by atoms with Gasteiger partial charge in [0, 0.05) is 12.7 Å². The van der Waals surface area contributed by atoms with Crippen LogP contribution in [-0.2, 0) is 4.74 Å². The summed E-state index contributed by atoms with van der Waals surface area (Å²) in [4.78, 5) is 10.8. The number of rotatable bonds is 5. The Morgan fingerprint density at radius 1 is 1.33 bits per heavy atom. The standard InChI is InChI=1S/C18H23N5O/c1-14-4-2-5-15(10-14)11-24-12-16-6-3-9-22(16)17-7-8-19-18-20-13-21-23(17)18/h2,5,7-8,10,13-14,16H,3-4,6,9,11-12H2,1H3. The molecule has 2 aliphatic rings. The summed E-state index contributed by atoms with van der Waals surface area (Å²) in [6.07, 6.45) is 13.5. The third kappa shape index (κ3) is 3.06. The Labute approximate surface area is 141 Å². The number of anilines is 1. The summed E-state index contributed by atoms with van der Waals surface area (Å²) in [5.41, 5.74) is 1.29. The molecule has 1 fully saturated rings. The Balaban J connectivity index is 1.42. The smallest absolute Gasteiger partial charge is 0.254 e. The van der Waals surface area contributed by atoms with Crippen molar-refractivity contribution in [3.63, 3.8) is 0 Å². The quantitative estimate of drug-likeness (QED) is 0.846. The second-order valence-corrected chi connectivity index (χ2v) is 6.64. The second-order valence-electron chi connectivity index (χ2n) is 6.64. The van der Waals surface area contributed by atoms with E-state index >= 15 is 0 Å². The van der Waals surface area contributed by atoms with Crippen molar-refractivity contribution in [1.82, 2.24) is 19.6 Å². The lowest BCUT2D eigenvalue weighted by Crippen LogP contribution is -2.34. The van der Waals surface area contributed by atoms with E-state index in [1.54, 1.807) is 12.5 Å². The summed E-state index contributed by atoms with van der Waals surface area (Å²) in [6.45, 7) is 4.69. The Hall–Kier alpha value is -2.21. The maximum atomic E-state index is 6.03. The van der Waals surface area contributed by atoms with Crippen molar-refractivity contribution in [1.29, 1.82) is 0 Å². The first kappa shape index (κ1) is 15.3. The predicted molar refractivity (Wildman–Crippen MR) is 93.0 cm³/mol. The number of ether oxygens (including phenoxy) is 1. The first-order valence-electron chi connectivity index (χ1n) is 8.67. The molecule has 6 heteroatoms. The van der Waals surface area contributed by atoms with Crippen molar-refractivity contribution >= 4 is 11.6 Å². The van der Waals surface area contributed by atoms with Crippen molar-refractivity contribution in [2.45, 2.75) is 32.2 Å². The molecule has 0 radical (unpaired) electrons. The van der Waals surface area contributed by atoms with Gasteiger partial charge in [-0.15, -0.1) is 0 Å². The van der Waals surface area contributed by atoms with Crippen LogP contribution in [-0.4, -0.2) is 45.4 Å². The molecule has 1 aliphatic heterocycles. The molecule has 3 heterocycles. The maximum absolute atomic E-state index is 6.03. The van der Waals surface area contributed by atoms with Crippen LogP contribution in [0.15, 0.2) is 42.4 Å². The SMILES string of the molecule is CC1C=C(COCC2CCCN2c2ccnc3ncnn23)C=CC1. The normalized spacial score (nSPS) is 23.9. The molecule has 1 aliphatic carbocycles. The van der Waals surface area contributed by atoms with Crippen molar-refractivity contribution in [3.8, 4) is 0 Å². The average molecular weight is 325 g/mol. The van der Waals surface area contributed by atoms with Crippen LogP contribution in [0.1, 0.15) is 26.2 Å². The molecule has 126 valence electrons. The lowest BCUT2D eigenvalue weighted by molar-refractivity contribution is 0.142. The second kappa shape index (κ2) is 6.73. The van der Waals surface area contributed by atoms with Gasteiger partial charge < -0.3 is 9.64 Å². The van der Waals surface area contributed by atoms with Crippen LogP contribution in [0.5, 0.6) is 0 Å². The molecule has 0 aromatic carbocycles. The summed E-state index contributed by atoms with van der Waals surface area (Å²) in [5.74, 6) is 2.31. The van der Waals surface area contributed by atoms with E-state index in [0.717, 1.165) is 31.8 Å². The van der Waals surface area contributed by atoms with Gasteiger partial charge in [0.1, 0.15) is 12.1 Å². The van der Waals surface area contributed by atoms with Crippen molar-refractivity contribution in [2.24, 2.45) is 5.92 Å². The van der Waals surface area contributed by atoms with Gasteiger partial charge in [-0.05, 0) is 36.8 Å². The van der Waals surface area contributed by atoms with E-state index in [9.17, 15) is 0 Å². The first-order chi connectivity index (χ1) is 11.8. The van der Waals surface area contributed by atoms with E-state index in [4.69, 9.17) is 4.74 Å². The zero-order valence-corrected chi connectivity index (χ0v) is 14.0. The van der Waals surface area contributed by atoms with Crippen LogP contribution in [0.2, 0.25) is 0 Å². The number of allylic oxidation sites excluding steroid dienone is 2. The monoisotopic (exact) mass is 325 g/mol. The highest BCUT2D eigenvalue weighted by Gasteiger charge is 2.27. The zero-order chi connectivity index (χ0) is 16.4. The summed E-state index contributed by atoms with van der Waals surface area (Å²) < 4.78 is 7.84. The fourth-order valence-electron chi connectivity index (χ4n) is 3.59. The topological polar surface area (TPSA) is 55.5 Å². The molecule has 0 saturated carbocycles. The average Bonchev–Trinajstić information content (AvgIpc) is 3.23. The molecule has 1 saturated heterocycles. The molecule has 24 heavy (non-hydrogen) atoms. The number of aromatic nitrogens is 4. The van der Waals surface area contributed by atoms with Gasteiger partial charge in [-0.25, -0.2) is 4.98 Å². The third-order valence-electron chi connectivity index (χ3n) is 4.75. The van der Waals surface area contributed by atoms with Gasteiger partial charge in [-0.2, -0.15) is 14.6 Å². The fraction of sp³-hybridized carbons (Fsp3) is 0.500. The van der Waals surface area contributed by atoms with Crippen molar-refractivity contribution in [2.75, 3.05) is 24.7 Å². The van der Waals surface area contributed by atoms with Crippen LogP contribution < -0.4 is 4.90 Å². The molecule has 0 bridgehead atoms. The Morgan fingerprint density at radius 2 is 2.29 bits per heavy atom. The number of hydrogen-bond acceptors (Lipinski definition) is 5. The van der Waals surface area contributed by atoms with E-state index in [-0.39, 0.29) is 0 Å². The molecule has 4 rings (SSSR count). The van der Waals surface area contributed by atoms with Gasteiger partial charge in [0.05, 0.1) is 19.3 Å². The van der Waals surface area contributed by atoms with E-state index in [0.29, 0.717) is 24.3 Å². The molecular formula is C18H23N5O. The summed E-state index contributed by atoms with van der Waals surface area (Å²) in [5, 5.41) is 4.30. The van der Waals surface area contributed by atoms with Gasteiger partial charge in [0.15, 0.2) is 0 Å². The molecule has 2 aromatic heterocycles. The van der Waals surface area contributed by atoms with Gasteiger partial charge >= 0.3 is 0 Å². The molecule has 2 atom stereocenters.